The number of carbonyl (C=O) groups is 3. The average Bonchev–Trinajstić information content (AvgIpc) is 2.95. The molecule has 2 atom stereocenters. The summed E-state index contributed by atoms with van der Waals surface area (Å²) in [6, 6.07) is 15.8. The SMILES string of the molecule is COC(=O)C1=C(C(=O)OC)N(c2cc(C(N)=O)ccc2N2CCCC(C)C2)C(N)=C(C#N)C1c1ccccc1. The normalized spacial score (nSPS) is 19.4. The zero-order chi connectivity index (χ0) is 28.3. The molecule has 1 fully saturated rings. The summed E-state index contributed by atoms with van der Waals surface area (Å²) in [5.74, 6) is -3.05. The second-order valence-electron chi connectivity index (χ2n) is 9.60. The van der Waals surface area contributed by atoms with Crippen LogP contribution in [-0.4, -0.2) is 45.2 Å². The molecule has 1 amide bonds. The van der Waals surface area contributed by atoms with Crippen LogP contribution in [0, 0.1) is 17.2 Å². The van der Waals surface area contributed by atoms with E-state index in [0.29, 0.717) is 22.9 Å². The van der Waals surface area contributed by atoms with Crippen molar-refractivity contribution < 1.29 is 23.9 Å². The van der Waals surface area contributed by atoms with Crippen molar-refractivity contribution in [3.63, 3.8) is 0 Å². The van der Waals surface area contributed by atoms with Gasteiger partial charge in [0.25, 0.3) is 0 Å². The molecule has 39 heavy (non-hydrogen) atoms. The molecule has 10 nitrogen and oxygen atoms in total. The van der Waals surface area contributed by atoms with Gasteiger partial charge < -0.3 is 25.8 Å². The Morgan fingerprint density at radius 1 is 1.03 bits per heavy atom. The van der Waals surface area contributed by atoms with Crippen LogP contribution >= 0.6 is 0 Å². The van der Waals surface area contributed by atoms with Gasteiger partial charge in [-0.1, -0.05) is 37.3 Å². The number of nitrogens with two attached hydrogens (primary N) is 2. The Morgan fingerprint density at radius 3 is 2.31 bits per heavy atom. The van der Waals surface area contributed by atoms with Crippen molar-refractivity contribution in [3.05, 3.63) is 82.3 Å². The third-order valence-electron chi connectivity index (χ3n) is 7.11. The van der Waals surface area contributed by atoms with Crippen LogP contribution in [0.3, 0.4) is 0 Å². The summed E-state index contributed by atoms with van der Waals surface area (Å²) in [6.07, 6.45) is 2.00. The molecule has 2 heterocycles. The van der Waals surface area contributed by atoms with Gasteiger partial charge in [0.2, 0.25) is 5.91 Å². The van der Waals surface area contributed by atoms with Crippen molar-refractivity contribution in [2.75, 3.05) is 37.1 Å². The average molecular weight is 530 g/mol. The molecule has 4 rings (SSSR count). The van der Waals surface area contributed by atoms with Gasteiger partial charge in [-0.15, -0.1) is 0 Å². The Morgan fingerprint density at radius 2 is 1.72 bits per heavy atom. The number of allylic oxidation sites excluding steroid dienone is 1. The first-order valence-corrected chi connectivity index (χ1v) is 12.6. The molecule has 0 aromatic heterocycles. The summed E-state index contributed by atoms with van der Waals surface area (Å²) >= 11 is 0. The van der Waals surface area contributed by atoms with Gasteiger partial charge in [-0.05, 0) is 42.5 Å². The lowest BCUT2D eigenvalue weighted by Crippen LogP contribution is -2.42. The Bertz CT molecular complexity index is 1410. The number of ether oxygens (including phenoxy) is 2. The predicted molar refractivity (Wildman–Crippen MR) is 145 cm³/mol. The summed E-state index contributed by atoms with van der Waals surface area (Å²) < 4.78 is 10.2. The van der Waals surface area contributed by atoms with E-state index in [1.165, 1.54) is 25.2 Å². The monoisotopic (exact) mass is 529 g/mol. The standard InChI is InChI=1S/C29H31N5O5/c1-17-8-7-13-33(16-17)21-12-11-19(27(32)35)14-22(21)34-25(29(37)39-3)24(28(36)38-2)23(20(15-30)26(34)31)18-9-5-4-6-10-18/h4-6,9-12,14,17,23H,7-8,13,16,31H2,1-3H3,(H2,32,35). The van der Waals surface area contributed by atoms with Gasteiger partial charge in [0, 0.05) is 18.7 Å². The van der Waals surface area contributed by atoms with Crippen molar-refractivity contribution in [2.24, 2.45) is 17.4 Å². The first-order chi connectivity index (χ1) is 18.7. The largest absolute Gasteiger partial charge is 0.466 e. The summed E-state index contributed by atoms with van der Waals surface area (Å²) in [4.78, 5) is 42.5. The Kier molecular flexibility index (Phi) is 7.91. The summed E-state index contributed by atoms with van der Waals surface area (Å²) in [7, 11) is 2.38. The molecule has 202 valence electrons. The fourth-order valence-electron chi connectivity index (χ4n) is 5.29. The number of amides is 1. The highest BCUT2D eigenvalue weighted by Gasteiger charge is 2.44. The third-order valence-corrected chi connectivity index (χ3v) is 7.11. The number of nitriles is 1. The lowest BCUT2D eigenvalue weighted by atomic mass is 9.80. The molecule has 0 saturated carbocycles. The smallest absolute Gasteiger partial charge is 0.355 e. The maximum Gasteiger partial charge on any atom is 0.355 e. The maximum absolute atomic E-state index is 13.5. The molecule has 2 aliphatic heterocycles. The van der Waals surface area contributed by atoms with Crippen molar-refractivity contribution in [2.45, 2.75) is 25.7 Å². The molecular weight excluding hydrogens is 498 g/mol. The van der Waals surface area contributed by atoms with Crippen LogP contribution in [0.4, 0.5) is 11.4 Å². The van der Waals surface area contributed by atoms with E-state index in [0.717, 1.165) is 25.9 Å². The second kappa shape index (κ2) is 11.3. The van der Waals surface area contributed by atoms with Crippen LogP contribution in [-0.2, 0) is 19.1 Å². The number of methoxy groups -OCH3 is 2. The minimum Gasteiger partial charge on any atom is -0.466 e. The topological polar surface area (TPSA) is 152 Å². The van der Waals surface area contributed by atoms with Crippen LogP contribution in [0.2, 0.25) is 0 Å². The lowest BCUT2D eigenvalue weighted by Gasteiger charge is -2.40. The molecule has 0 radical (unpaired) electrons. The van der Waals surface area contributed by atoms with E-state index >= 15 is 0 Å². The van der Waals surface area contributed by atoms with Crippen molar-refractivity contribution in [1.82, 2.24) is 0 Å². The van der Waals surface area contributed by atoms with Crippen LogP contribution in [0.15, 0.2) is 71.2 Å². The molecule has 2 unspecified atom stereocenters. The van der Waals surface area contributed by atoms with Gasteiger partial charge in [0.15, 0.2) is 0 Å². The molecule has 0 aliphatic carbocycles. The van der Waals surface area contributed by atoms with Gasteiger partial charge >= 0.3 is 11.9 Å². The zero-order valence-electron chi connectivity index (χ0n) is 22.1. The molecule has 10 heteroatoms. The Hall–Kier alpha value is -4.78. The number of nitrogens with zero attached hydrogens (tertiary/aromatic N) is 3. The second-order valence-corrected chi connectivity index (χ2v) is 9.60. The molecule has 1 saturated heterocycles. The van der Waals surface area contributed by atoms with Gasteiger partial charge in [-0.2, -0.15) is 5.26 Å². The number of hydrogen-bond donors (Lipinski definition) is 2. The van der Waals surface area contributed by atoms with Crippen LogP contribution in [0.1, 0.15) is 41.6 Å². The summed E-state index contributed by atoms with van der Waals surface area (Å²) in [6.45, 7) is 3.59. The zero-order valence-corrected chi connectivity index (χ0v) is 22.1. The fraction of sp³-hybridized carbons (Fsp3) is 0.310. The minimum absolute atomic E-state index is 0.0386. The molecular formula is C29H31N5O5. The number of primary amides is 1. The highest BCUT2D eigenvalue weighted by atomic mass is 16.5. The molecule has 4 N–H and O–H groups in total. The minimum atomic E-state index is -0.994. The van der Waals surface area contributed by atoms with Crippen LogP contribution < -0.4 is 21.3 Å². The van der Waals surface area contributed by atoms with E-state index in [9.17, 15) is 19.6 Å². The van der Waals surface area contributed by atoms with Crippen LogP contribution in [0.5, 0.6) is 0 Å². The van der Waals surface area contributed by atoms with Gasteiger partial charge in [0.1, 0.15) is 11.5 Å². The molecule has 0 spiro atoms. The van der Waals surface area contributed by atoms with E-state index in [-0.39, 0.29) is 28.2 Å². The quantitative estimate of drug-likeness (QED) is 0.538. The van der Waals surface area contributed by atoms with E-state index in [4.69, 9.17) is 20.9 Å². The van der Waals surface area contributed by atoms with E-state index in [1.54, 1.807) is 42.5 Å². The Balaban J connectivity index is 2.08. The van der Waals surface area contributed by atoms with Gasteiger partial charge in [0.05, 0.1) is 48.7 Å². The van der Waals surface area contributed by atoms with Crippen molar-refractivity contribution in [1.29, 1.82) is 5.26 Å². The number of piperidine rings is 1. The molecule has 2 aromatic carbocycles. The number of benzene rings is 2. The summed E-state index contributed by atoms with van der Waals surface area (Å²) in [5, 5.41) is 10.3. The Labute approximate surface area is 227 Å². The number of carbonyl (C=O) groups excluding carboxylic acids is 3. The van der Waals surface area contributed by atoms with E-state index in [2.05, 4.69) is 17.9 Å². The first kappa shape index (κ1) is 27.3. The van der Waals surface area contributed by atoms with E-state index in [1.807, 2.05) is 0 Å². The predicted octanol–water partition coefficient (Wildman–Crippen LogP) is 2.92. The van der Waals surface area contributed by atoms with Crippen LogP contribution in [0.25, 0.3) is 0 Å². The highest BCUT2D eigenvalue weighted by molar-refractivity contribution is 6.07. The third kappa shape index (κ3) is 5.03. The van der Waals surface area contributed by atoms with Crippen molar-refractivity contribution in [3.8, 4) is 6.07 Å². The molecule has 2 aromatic rings. The maximum atomic E-state index is 13.5. The van der Waals surface area contributed by atoms with Gasteiger partial charge in [-0.3, -0.25) is 9.69 Å². The number of rotatable bonds is 6. The highest BCUT2D eigenvalue weighted by Crippen LogP contribution is 2.46. The lowest BCUT2D eigenvalue weighted by molar-refractivity contribution is -0.139. The number of anilines is 2. The first-order valence-electron chi connectivity index (χ1n) is 12.6. The molecule has 0 bridgehead atoms. The molecule has 2 aliphatic rings. The number of esters is 2. The number of hydrogen-bond acceptors (Lipinski definition) is 9. The fourth-order valence-corrected chi connectivity index (χ4v) is 5.29. The van der Waals surface area contributed by atoms with E-state index < -0.39 is 23.8 Å². The van der Waals surface area contributed by atoms with Crippen molar-refractivity contribution >= 4 is 29.2 Å². The van der Waals surface area contributed by atoms with Gasteiger partial charge in [-0.25, -0.2) is 9.59 Å². The summed E-state index contributed by atoms with van der Waals surface area (Å²) in [5.41, 5.74) is 13.7.